The lowest BCUT2D eigenvalue weighted by molar-refractivity contribution is -0.184. The summed E-state index contributed by atoms with van der Waals surface area (Å²) in [4.78, 5) is 11.7. The Bertz CT molecular complexity index is 392. The summed E-state index contributed by atoms with van der Waals surface area (Å²) in [6, 6.07) is 0. The van der Waals surface area contributed by atoms with E-state index >= 15 is 0 Å². The number of carbonyl (C=O) groups excluding carboxylic acids is 1. The molecule has 1 aliphatic rings. The van der Waals surface area contributed by atoms with Gasteiger partial charge in [0, 0.05) is 18.6 Å². The Balaban J connectivity index is 2.41. The van der Waals surface area contributed by atoms with Crippen molar-refractivity contribution in [1.29, 1.82) is 0 Å². The molecule has 1 aliphatic carbocycles. The smallest absolute Gasteiger partial charge is 0.299 e. The highest BCUT2D eigenvalue weighted by Gasteiger charge is 2.42. The molecule has 0 spiro atoms. The molecule has 0 radical (unpaired) electrons. The van der Waals surface area contributed by atoms with Gasteiger partial charge in [-0.3, -0.25) is 4.79 Å². The quantitative estimate of drug-likeness (QED) is 0.797. The molecule has 1 saturated carbocycles. The van der Waals surface area contributed by atoms with Crippen LogP contribution in [0.15, 0.2) is 0 Å². The lowest BCUT2D eigenvalue weighted by atomic mass is 9.79. The molecule has 0 aliphatic heterocycles. The van der Waals surface area contributed by atoms with E-state index in [1.54, 1.807) is 0 Å². The van der Waals surface area contributed by atoms with Gasteiger partial charge in [0.2, 0.25) is 0 Å². The van der Waals surface area contributed by atoms with Crippen molar-refractivity contribution in [1.82, 2.24) is 0 Å². The topological polar surface area (TPSA) is 51.2 Å². The predicted octanol–water partition coefficient (Wildman–Crippen LogP) is 2.36. The first kappa shape index (κ1) is 15.5. The summed E-state index contributed by atoms with van der Waals surface area (Å²) in [7, 11) is -3.19. The molecule has 3 nitrogen and oxygen atoms in total. The van der Waals surface area contributed by atoms with Crippen LogP contribution in [0, 0.1) is 11.8 Å². The first-order chi connectivity index (χ1) is 8.09. The van der Waals surface area contributed by atoms with Gasteiger partial charge < -0.3 is 0 Å². The number of halogens is 3. The highest BCUT2D eigenvalue weighted by Crippen LogP contribution is 2.39. The number of sulfone groups is 1. The van der Waals surface area contributed by atoms with Crippen molar-refractivity contribution in [2.24, 2.45) is 11.8 Å². The highest BCUT2D eigenvalue weighted by molar-refractivity contribution is 7.90. The van der Waals surface area contributed by atoms with Crippen molar-refractivity contribution in [3.05, 3.63) is 0 Å². The fraction of sp³-hybridized carbons (Fsp3) is 0.909. The average Bonchev–Trinajstić information content (AvgIpc) is 2.24. The van der Waals surface area contributed by atoms with E-state index in [4.69, 9.17) is 0 Å². The van der Waals surface area contributed by atoms with Crippen LogP contribution >= 0.6 is 0 Å². The number of hydrogen-bond acceptors (Lipinski definition) is 3. The van der Waals surface area contributed by atoms with E-state index in [-0.39, 0.29) is 43.6 Å². The second kappa shape index (κ2) is 5.59. The van der Waals surface area contributed by atoms with Gasteiger partial charge in [-0.1, -0.05) is 0 Å². The SMILES string of the molecule is CS(=O)(=O)CCC(=O)C1CCC(C(F)(F)F)CC1. The predicted molar refractivity (Wildman–Crippen MR) is 60.8 cm³/mol. The summed E-state index contributed by atoms with van der Waals surface area (Å²) in [6.45, 7) is 0. The van der Waals surface area contributed by atoms with Crippen molar-refractivity contribution >= 4 is 15.6 Å². The Labute approximate surface area is 105 Å². The van der Waals surface area contributed by atoms with E-state index in [1.807, 2.05) is 0 Å². The monoisotopic (exact) mass is 286 g/mol. The van der Waals surface area contributed by atoms with E-state index < -0.39 is 27.8 Å². The number of alkyl halides is 3. The molecule has 7 heteroatoms. The van der Waals surface area contributed by atoms with E-state index in [2.05, 4.69) is 0 Å². The van der Waals surface area contributed by atoms with Crippen LogP contribution in [0.2, 0.25) is 0 Å². The van der Waals surface area contributed by atoms with Gasteiger partial charge in [-0.25, -0.2) is 8.42 Å². The third-order valence-electron chi connectivity index (χ3n) is 3.36. The molecule has 0 bridgehead atoms. The first-order valence-electron chi connectivity index (χ1n) is 5.87. The number of rotatable bonds is 4. The molecular weight excluding hydrogens is 269 g/mol. The number of ketones is 1. The molecule has 0 unspecified atom stereocenters. The summed E-state index contributed by atoms with van der Waals surface area (Å²) in [5, 5.41) is 0. The fourth-order valence-electron chi connectivity index (χ4n) is 2.23. The van der Waals surface area contributed by atoms with Crippen LogP contribution in [0.1, 0.15) is 32.1 Å². The summed E-state index contributed by atoms with van der Waals surface area (Å²) >= 11 is 0. The number of Topliss-reactive ketones (excluding diaryl/α,β-unsaturated/α-hetero) is 1. The largest absolute Gasteiger partial charge is 0.391 e. The molecule has 0 heterocycles. The minimum Gasteiger partial charge on any atom is -0.299 e. The van der Waals surface area contributed by atoms with Crippen LogP contribution in [0.4, 0.5) is 13.2 Å². The first-order valence-corrected chi connectivity index (χ1v) is 7.93. The maximum Gasteiger partial charge on any atom is 0.391 e. The molecule has 106 valence electrons. The van der Waals surface area contributed by atoms with Crippen molar-refractivity contribution in [3.63, 3.8) is 0 Å². The molecule has 0 aromatic carbocycles. The van der Waals surface area contributed by atoms with Gasteiger partial charge in [0.05, 0.1) is 11.7 Å². The molecular formula is C11H17F3O3S. The van der Waals surface area contributed by atoms with E-state index in [0.717, 1.165) is 6.26 Å². The van der Waals surface area contributed by atoms with Crippen LogP contribution < -0.4 is 0 Å². The molecule has 0 saturated heterocycles. The van der Waals surface area contributed by atoms with Crippen LogP contribution in [-0.4, -0.2) is 32.4 Å². The molecule has 1 rings (SSSR count). The zero-order chi connectivity index (χ0) is 14.0. The van der Waals surface area contributed by atoms with E-state index in [1.165, 1.54) is 0 Å². The minimum absolute atomic E-state index is 0.0290. The number of carbonyl (C=O) groups is 1. The minimum atomic E-state index is -4.18. The van der Waals surface area contributed by atoms with Crippen LogP contribution in [0.25, 0.3) is 0 Å². The van der Waals surface area contributed by atoms with Gasteiger partial charge in [0.1, 0.15) is 15.6 Å². The van der Waals surface area contributed by atoms with Gasteiger partial charge in [-0.05, 0) is 25.7 Å². The summed E-state index contributed by atoms with van der Waals surface area (Å²) < 4.78 is 59.0. The molecule has 0 amide bonds. The lowest BCUT2D eigenvalue weighted by Crippen LogP contribution is -2.30. The Morgan fingerprint density at radius 2 is 1.67 bits per heavy atom. The van der Waals surface area contributed by atoms with Gasteiger partial charge in [-0.15, -0.1) is 0 Å². The molecule has 0 aromatic heterocycles. The Kier molecular flexibility index (Phi) is 4.80. The standard InChI is InChI=1S/C11H17F3O3S/c1-18(16,17)7-6-10(15)8-2-4-9(5-3-8)11(12,13)14/h8-9H,2-7H2,1H3. The van der Waals surface area contributed by atoms with Gasteiger partial charge in [0.25, 0.3) is 0 Å². The van der Waals surface area contributed by atoms with E-state index in [0.29, 0.717) is 0 Å². The highest BCUT2D eigenvalue weighted by atomic mass is 32.2. The summed E-state index contributed by atoms with van der Waals surface area (Å²) in [6.07, 6.45) is -2.85. The molecule has 1 fully saturated rings. The van der Waals surface area contributed by atoms with E-state index in [9.17, 15) is 26.4 Å². The third kappa shape index (κ3) is 4.96. The van der Waals surface area contributed by atoms with Gasteiger partial charge in [-0.2, -0.15) is 13.2 Å². The molecule has 0 N–H and O–H groups in total. The van der Waals surface area contributed by atoms with Crippen LogP contribution in [0.3, 0.4) is 0 Å². The second-order valence-electron chi connectivity index (χ2n) is 4.94. The average molecular weight is 286 g/mol. The van der Waals surface area contributed by atoms with Crippen molar-refractivity contribution in [3.8, 4) is 0 Å². The lowest BCUT2D eigenvalue weighted by Gasteiger charge is -2.29. The van der Waals surface area contributed by atoms with Crippen molar-refractivity contribution in [2.75, 3.05) is 12.0 Å². The fourth-order valence-corrected chi connectivity index (χ4v) is 2.80. The third-order valence-corrected chi connectivity index (χ3v) is 4.31. The maximum atomic E-state index is 12.4. The maximum absolute atomic E-state index is 12.4. The molecule has 18 heavy (non-hydrogen) atoms. The number of hydrogen-bond donors (Lipinski definition) is 0. The zero-order valence-electron chi connectivity index (χ0n) is 10.2. The van der Waals surface area contributed by atoms with Crippen molar-refractivity contribution < 1.29 is 26.4 Å². The zero-order valence-corrected chi connectivity index (χ0v) is 11.0. The van der Waals surface area contributed by atoms with Crippen LogP contribution in [-0.2, 0) is 14.6 Å². The molecule has 0 aromatic rings. The summed E-state index contributed by atoms with van der Waals surface area (Å²) in [5.74, 6) is -2.15. The van der Waals surface area contributed by atoms with Crippen LogP contribution in [0.5, 0.6) is 0 Å². The second-order valence-corrected chi connectivity index (χ2v) is 7.20. The normalized spacial score (nSPS) is 26.0. The Hall–Kier alpha value is -0.590. The van der Waals surface area contributed by atoms with Gasteiger partial charge >= 0.3 is 6.18 Å². The molecule has 0 atom stereocenters. The summed E-state index contributed by atoms with van der Waals surface area (Å²) in [5.41, 5.74) is 0. The van der Waals surface area contributed by atoms with Crippen molar-refractivity contribution in [2.45, 2.75) is 38.3 Å². The Morgan fingerprint density at radius 1 is 1.17 bits per heavy atom. The Morgan fingerprint density at radius 3 is 2.06 bits per heavy atom. The van der Waals surface area contributed by atoms with Gasteiger partial charge in [0.15, 0.2) is 0 Å².